The van der Waals surface area contributed by atoms with E-state index in [0.29, 0.717) is 4.90 Å². The smallest absolute Gasteiger partial charge is 0.175 e. The standard InChI is InChI=1S/C20H23N3O2S2/c1-12(14-8-10-15(11-9-14)27(4,24)25)23(3)19-18-16-6-5-7-17(16)26-20(18)22-13(2)21-19/h8-12H,5-7H2,1-4H3/t12-/m0/s1. The number of fused-ring (bicyclic) bond motifs is 3. The average molecular weight is 402 g/mol. The minimum atomic E-state index is -3.18. The van der Waals surface area contributed by atoms with Gasteiger partial charge in [-0.2, -0.15) is 0 Å². The fraction of sp³-hybridized carbons (Fsp3) is 0.400. The van der Waals surface area contributed by atoms with E-state index in [1.165, 1.54) is 28.5 Å². The molecule has 27 heavy (non-hydrogen) atoms. The summed E-state index contributed by atoms with van der Waals surface area (Å²) in [5.41, 5.74) is 2.47. The van der Waals surface area contributed by atoms with Crippen molar-refractivity contribution in [2.45, 2.75) is 44.0 Å². The number of rotatable bonds is 4. The van der Waals surface area contributed by atoms with Gasteiger partial charge in [0.1, 0.15) is 16.5 Å². The van der Waals surface area contributed by atoms with E-state index in [1.807, 2.05) is 19.1 Å². The molecule has 0 saturated carbocycles. The van der Waals surface area contributed by atoms with E-state index in [4.69, 9.17) is 4.98 Å². The zero-order valence-electron chi connectivity index (χ0n) is 16.0. The zero-order chi connectivity index (χ0) is 19.3. The summed E-state index contributed by atoms with van der Waals surface area (Å²) in [5, 5.41) is 1.19. The van der Waals surface area contributed by atoms with E-state index in [9.17, 15) is 8.42 Å². The van der Waals surface area contributed by atoms with E-state index < -0.39 is 9.84 Å². The second kappa shape index (κ2) is 6.56. The summed E-state index contributed by atoms with van der Waals surface area (Å²) in [6.07, 6.45) is 4.67. The largest absolute Gasteiger partial charge is 0.352 e. The summed E-state index contributed by atoms with van der Waals surface area (Å²) in [6, 6.07) is 7.20. The van der Waals surface area contributed by atoms with Gasteiger partial charge in [0.15, 0.2) is 9.84 Å². The summed E-state index contributed by atoms with van der Waals surface area (Å²) in [4.78, 5) is 14.5. The molecule has 0 saturated heterocycles. The first-order valence-corrected chi connectivity index (χ1v) is 11.8. The molecule has 0 radical (unpaired) electrons. The van der Waals surface area contributed by atoms with E-state index in [0.717, 1.165) is 34.9 Å². The molecule has 3 aromatic rings. The second-order valence-electron chi connectivity index (χ2n) is 7.26. The van der Waals surface area contributed by atoms with E-state index in [-0.39, 0.29) is 6.04 Å². The molecular formula is C20H23N3O2S2. The van der Waals surface area contributed by atoms with Gasteiger partial charge in [-0.25, -0.2) is 18.4 Å². The summed E-state index contributed by atoms with van der Waals surface area (Å²) >= 11 is 1.80. The van der Waals surface area contributed by atoms with Crippen molar-refractivity contribution in [3.05, 3.63) is 46.1 Å². The summed E-state index contributed by atoms with van der Waals surface area (Å²) < 4.78 is 23.4. The molecule has 0 fully saturated rings. The number of hydrogen-bond donors (Lipinski definition) is 0. The monoisotopic (exact) mass is 401 g/mol. The molecule has 0 amide bonds. The van der Waals surface area contributed by atoms with Gasteiger partial charge < -0.3 is 4.90 Å². The molecule has 5 nitrogen and oxygen atoms in total. The average Bonchev–Trinajstić information content (AvgIpc) is 3.19. The van der Waals surface area contributed by atoms with Gasteiger partial charge in [0, 0.05) is 18.2 Å². The number of aryl methyl sites for hydroxylation is 3. The third-order valence-electron chi connectivity index (χ3n) is 5.36. The summed E-state index contributed by atoms with van der Waals surface area (Å²) in [6.45, 7) is 4.05. The molecule has 0 unspecified atom stereocenters. The van der Waals surface area contributed by atoms with Gasteiger partial charge in [0.25, 0.3) is 0 Å². The molecule has 2 aromatic heterocycles. The second-order valence-corrected chi connectivity index (χ2v) is 10.4. The van der Waals surface area contributed by atoms with Crippen LogP contribution in [0.15, 0.2) is 29.2 Å². The van der Waals surface area contributed by atoms with Crippen LogP contribution in [0.4, 0.5) is 5.82 Å². The lowest BCUT2D eigenvalue weighted by atomic mass is 10.1. The molecule has 1 aromatic carbocycles. The number of hydrogen-bond acceptors (Lipinski definition) is 6. The fourth-order valence-electron chi connectivity index (χ4n) is 3.74. The predicted octanol–water partition coefficient (Wildman–Crippen LogP) is 4.09. The predicted molar refractivity (Wildman–Crippen MR) is 111 cm³/mol. The Hall–Kier alpha value is -1.99. The first kappa shape index (κ1) is 18.4. The molecule has 142 valence electrons. The van der Waals surface area contributed by atoms with E-state index >= 15 is 0 Å². The van der Waals surface area contributed by atoms with Crippen LogP contribution in [-0.4, -0.2) is 31.7 Å². The van der Waals surface area contributed by atoms with Crippen molar-refractivity contribution in [3.63, 3.8) is 0 Å². The minimum Gasteiger partial charge on any atom is -0.352 e. The van der Waals surface area contributed by atoms with Crippen LogP contribution < -0.4 is 4.90 Å². The van der Waals surface area contributed by atoms with Crippen LogP contribution in [0.3, 0.4) is 0 Å². The lowest BCUT2D eigenvalue weighted by molar-refractivity contribution is 0.601. The molecule has 0 N–H and O–H groups in total. The van der Waals surface area contributed by atoms with Gasteiger partial charge >= 0.3 is 0 Å². The molecule has 2 heterocycles. The van der Waals surface area contributed by atoms with Crippen LogP contribution in [0.1, 0.15) is 41.2 Å². The quantitative estimate of drug-likeness (QED) is 0.659. The lowest BCUT2D eigenvalue weighted by Gasteiger charge is -2.27. The number of sulfone groups is 1. The Labute approximate surface area is 164 Å². The van der Waals surface area contributed by atoms with Gasteiger partial charge in [-0.15, -0.1) is 11.3 Å². The van der Waals surface area contributed by atoms with Crippen molar-refractivity contribution in [1.29, 1.82) is 0 Å². The van der Waals surface area contributed by atoms with Crippen molar-refractivity contribution >= 4 is 37.2 Å². The Kier molecular flexibility index (Phi) is 4.47. The molecule has 1 aliphatic rings. The van der Waals surface area contributed by atoms with Crippen LogP contribution in [0.25, 0.3) is 10.2 Å². The third-order valence-corrected chi connectivity index (χ3v) is 7.68. The Morgan fingerprint density at radius 1 is 1.15 bits per heavy atom. The Balaban J connectivity index is 1.75. The van der Waals surface area contributed by atoms with Crippen LogP contribution >= 0.6 is 11.3 Å². The molecule has 7 heteroatoms. The first-order valence-electron chi connectivity index (χ1n) is 9.07. The molecule has 1 atom stereocenters. The van der Waals surface area contributed by atoms with Gasteiger partial charge in [0.2, 0.25) is 0 Å². The lowest BCUT2D eigenvalue weighted by Crippen LogP contribution is -2.23. The van der Waals surface area contributed by atoms with Crippen LogP contribution in [-0.2, 0) is 22.7 Å². The van der Waals surface area contributed by atoms with E-state index in [1.54, 1.807) is 23.5 Å². The molecular weight excluding hydrogens is 378 g/mol. The SMILES string of the molecule is Cc1nc(N(C)[C@@H](C)c2ccc(S(C)(=O)=O)cc2)c2c3c(sc2n1)CCC3. The highest BCUT2D eigenvalue weighted by atomic mass is 32.2. The molecule has 4 rings (SSSR count). The normalized spacial score (nSPS) is 15.1. The van der Waals surface area contributed by atoms with Crippen LogP contribution in [0.2, 0.25) is 0 Å². The minimum absolute atomic E-state index is 0.0630. The Bertz CT molecular complexity index is 1120. The van der Waals surface area contributed by atoms with Crippen molar-refractivity contribution in [1.82, 2.24) is 9.97 Å². The highest BCUT2D eigenvalue weighted by Gasteiger charge is 2.25. The highest BCUT2D eigenvalue weighted by molar-refractivity contribution is 7.90. The Morgan fingerprint density at radius 3 is 2.52 bits per heavy atom. The molecule has 0 spiro atoms. The summed E-state index contributed by atoms with van der Waals surface area (Å²) in [5.74, 6) is 1.75. The van der Waals surface area contributed by atoms with Crippen LogP contribution in [0.5, 0.6) is 0 Å². The number of aromatic nitrogens is 2. The van der Waals surface area contributed by atoms with Gasteiger partial charge in [-0.3, -0.25) is 0 Å². The van der Waals surface area contributed by atoms with Crippen LogP contribution in [0, 0.1) is 6.92 Å². The maximum absolute atomic E-state index is 11.7. The van der Waals surface area contributed by atoms with Gasteiger partial charge in [-0.05, 0) is 56.4 Å². The summed E-state index contributed by atoms with van der Waals surface area (Å²) in [7, 11) is -1.13. The van der Waals surface area contributed by atoms with Crippen molar-refractivity contribution < 1.29 is 8.42 Å². The zero-order valence-corrected chi connectivity index (χ0v) is 17.6. The molecule has 1 aliphatic carbocycles. The highest BCUT2D eigenvalue weighted by Crippen LogP contribution is 2.41. The Morgan fingerprint density at radius 2 is 1.85 bits per heavy atom. The fourth-order valence-corrected chi connectivity index (χ4v) is 5.67. The number of nitrogens with zero attached hydrogens (tertiary/aromatic N) is 3. The van der Waals surface area contributed by atoms with E-state index in [2.05, 4.69) is 23.9 Å². The van der Waals surface area contributed by atoms with Crippen molar-refractivity contribution in [2.24, 2.45) is 0 Å². The number of anilines is 1. The molecule has 0 aliphatic heterocycles. The number of thiophene rings is 1. The third kappa shape index (κ3) is 3.23. The maximum atomic E-state index is 11.7. The number of benzene rings is 1. The maximum Gasteiger partial charge on any atom is 0.175 e. The van der Waals surface area contributed by atoms with Crippen molar-refractivity contribution in [2.75, 3.05) is 18.2 Å². The van der Waals surface area contributed by atoms with Gasteiger partial charge in [0.05, 0.1) is 16.3 Å². The first-order chi connectivity index (χ1) is 12.8. The molecule has 0 bridgehead atoms. The van der Waals surface area contributed by atoms with Crippen molar-refractivity contribution in [3.8, 4) is 0 Å². The van der Waals surface area contributed by atoms with Gasteiger partial charge in [-0.1, -0.05) is 12.1 Å². The topological polar surface area (TPSA) is 63.2 Å².